The van der Waals surface area contributed by atoms with Crippen LogP contribution < -0.4 is 5.43 Å². The average molecular weight is 295 g/mol. The molecule has 1 atom stereocenters. The van der Waals surface area contributed by atoms with Crippen LogP contribution in [0.4, 0.5) is 13.2 Å². The Bertz CT molecular complexity index is 693. The van der Waals surface area contributed by atoms with Gasteiger partial charge in [0, 0.05) is 29.9 Å². The number of hydrogen-bond donors (Lipinski definition) is 1. The van der Waals surface area contributed by atoms with Crippen molar-refractivity contribution in [3.8, 4) is 0 Å². The predicted octanol–water partition coefficient (Wildman–Crippen LogP) is 2.73. The third-order valence-electron chi connectivity index (χ3n) is 3.61. The minimum atomic E-state index is -4.60. The number of nitrogens with zero attached hydrogens (tertiary/aromatic N) is 2. The van der Waals surface area contributed by atoms with Crippen LogP contribution in [0.15, 0.2) is 35.6 Å². The summed E-state index contributed by atoms with van der Waals surface area (Å²) < 4.78 is 39.6. The summed E-state index contributed by atoms with van der Waals surface area (Å²) in [6, 6.07) is 2.69. The first kappa shape index (κ1) is 13.8. The van der Waals surface area contributed by atoms with Crippen molar-refractivity contribution >= 4 is 0 Å². The highest BCUT2D eigenvalue weighted by atomic mass is 19.4. The van der Waals surface area contributed by atoms with Gasteiger partial charge < -0.3 is 4.98 Å². The Morgan fingerprint density at radius 3 is 2.62 bits per heavy atom. The number of H-pyrrole nitrogens is 1. The van der Waals surface area contributed by atoms with Gasteiger partial charge >= 0.3 is 6.18 Å². The van der Waals surface area contributed by atoms with E-state index >= 15 is 0 Å². The zero-order valence-corrected chi connectivity index (χ0v) is 10.9. The Morgan fingerprint density at radius 2 is 2.05 bits per heavy atom. The molecule has 21 heavy (non-hydrogen) atoms. The molecule has 2 heterocycles. The SMILES string of the molecule is O=c1cc[nH]c(C(F)(F)F)c1C(c1ccncn1)C1CC1. The van der Waals surface area contributed by atoms with Crippen molar-refractivity contribution in [3.05, 3.63) is 58.0 Å². The van der Waals surface area contributed by atoms with Crippen LogP contribution in [0.2, 0.25) is 0 Å². The Labute approximate surface area is 118 Å². The largest absolute Gasteiger partial charge is 0.431 e. The van der Waals surface area contributed by atoms with Gasteiger partial charge in [-0.2, -0.15) is 13.2 Å². The minimum Gasteiger partial charge on any atom is -0.357 e. The molecule has 7 heteroatoms. The van der Waals surface area contributed by atoms with Crippen molar-refractivity contribution < 1.29 is 13.2 Å². The third-order valence-corrected chi connectivity index (χ3v) is 3.61. The van der Waals surface area contributed by atoms with Crippen LogP contribution in [0.5, 0.6) is 0 Å². The van der Waals surface area contributed by atoms with E-state index in [9.17, 15) is 18.0 Å². The fourth-order valence-corrected chi connectivity index (χ4v) is 2.57. The first-order chi connectivity index (χ1) is 9.98. The quantitative estimate of drug-likeness (QED) is 0.947. The van der Waals surface area contributed by atoms with Gasteiger partial charge in [0.25, 0.3) is 0 Å². The summed E-state index contributed by atoms with van der Waals surface area (Å²) in [6.45, 7) is 0. The molecule has 1 unspecified atom stereocenters. The van der Waals surface area contributed by atoms with E-state index in [1.807, 2.05) is 0 Å². The molecule has 1 fully saturated rings. The molecule has 1 N–H and O–H groups in total. The molecule has 1 saturated carbocycles. The second-order valence-corrected chi connectivity index (χ2v) is 5.08. The molecule has 0 bridgehead atoms. The molecule has 0 spiro atoms. The molecule has 0 saturated heterocycles. The summed E-state index contributed by atoms with van der Waals surface area (Å²) in [6.07, 6.45) is 0.770. The van der Waals surface area contributed by atoms with Crippen molar-refractivity contribution in [2.75, 3.05) is 0 Å². The monoisotopic (exact) mass is 295 g/mol. The molecule has 1 aliphatic rings. The van der Waals surface area contributed by atoms with Crippen molar-refractivity contribution in [2.45, 2.75) is 24.9 Å². The van der Waals surface area contributed by atoms with Crippen LogP contribution in [0, 0.1) is 5.92 Å². The maximum Gasteiger partial charge on any atom is 0.431 e. The van der Waals surface area contributed by atoms with Crippen LogP contribution in [0.25, 0.3) is 0 Å². The first-order valence-corrected chi connectivity index (χ1v) is 6.53. The van der Waals surface area contributed by atoms with E-state index in [-0.39, 0.29) is 11.5 Å². The maximum absolute atomic E-state index is 13.2. The van der Waals surface area contributed by atoms with E-state index in [1.165, 1.54) is 12.5 Å². The summed E-state index contributed by atoms with van der Waals surface area (Å²) >= 11 is 0. The van der Waals surface area contributed by atoms with Crippen molar-refractivity contribution in [1.29, 1.82) is 0 Å². The second kappa shape index (κ2) is 4.98. The lowest BCUT2D eigenvalue weighted by Crippen LogP contribution is -2.24. The molecule has 3 rings (SSSR count). The number of rotatable bonds is 3. The number of halogens is 3. The fourth-order valence-electron chi connectivity index (χ4n) is 2.57. The summed E-state index contributed by atoms with van der Waals surface area (Å²) in [5.74, 6) is -0.626. The zero-order valence-electron chi connectivity index (χ0n) is 10.9. The zero-order chi connectivity index (χ0) is 15.0. The molecule has 110 valence electrons. The topological polar surface area (TPSA) is 58.6 Å². The molecule has 0 radical (unpaired) electrons. The molecule has 2 aromatic heterocycles. The van der Waals surface area contributed by atoms with E-state index < -0.39 is 23.2 Å². The number of aromatic amines is 1. The summed E-state index contributed by atoms with van der Waals surface area (Å²) in [7, 11) is 0. The Morgan fingerprint density at radius 1 is 1.29 bits per heavy atom. The summed E-state index contributed by atoms with van der Waals surface area (Å²) in [4.78, 5) is 22.1. The van der Waals surface area contributed by atoms with Crippen LogP contribution in [-0.2, 0) is 6.18 Å². The Balaban J connectivity index is 2.19. The predicted molar refractivity (Wildman–Crippen MR) is 68.7 cm³/mol. The van der Waals surface area contributed by atoms with Crippen LogP contribution >= 0.6 is 0 Å². The molecule has 4 nitrogen and oxygen atoms in total. The molecule has 0 amide bonds. The van der Waals surface area contributed by atoms with Crippen molar-refractivity contribution in [2.24, 2.45) is 5.92 Å². The number of aromatic nitrogens is 3. The van der Waals surface area contributed by atoms with Crippen molar-refractivity contribution in [1.82, 2.24) is 15.0 Å². The summed E-state index contributed by atoms with van der Waals surface area (Å²) in [5, 5.41) is 0. The first-order valence-electron chi connectivity index (χ1n) is 6.53. The molecule has 2 aromatic rings. The highest BCUT2D eigenvalue weighted by Crippen LogP contribution is 2.47. The van der Waals surface area contributed by atoms with Gasteiger partial charge in [-0.25, -0.2) is 9.97 Å². The minimum absolute atomic E-state index is 0.0181. The van der Waals surface area contributed by atoms with Gasteiger partial charge in [0.05, 0.1) is 5.69 Å². The van der Waals surface area contributed by atoms with Gasteiger partial charge in [0.15, 0.2) is 5.43 Å². The second-order valence-electron chi connectivity index (χ2n) is 5.08. The normalized spacial score (nSPS) is 16.7. The van der Waals surface area contributed by atoms with Crippen molar-refractivity contribution in [3.63, 3.8) is 0 Å². The molecular formula is C14H12F3N3O. The molecular weight excluding hydrogens is 283 g/mol. The van der Waals surface area contributed by atoms with Gasteiger partial charge in [-0.15, -0.1) is 0 Å². The standard InChI is InChI=1S/C14H12F3N3O/c15-14(16,17)13-12(10(21)4-6-19-13)11(8-1-2-8)9-3-5-18-7-20-9/h3-8,11H,1-2H2,(H,19,21). The number of alkyl halides is 3. The third kappa shape index (κ3) is 2.68. The van der Waals surface area contributed by atoms with Gasteiger partial charge in [0.1, 0.15) is 12.0 Å². The number of nitrogens with one attached hydrogen (secondary N) is 1. The fraction of sp³-hybridized carbons (Fsp3) is 0.357. The van der Waals surface area contributed by atoms with Crippen LogP contribution in [0.1, 0.15) is 35.7 Å². The lowest BCUT2D eigenvalue weighted by atomic mass is 9.89. The van der Waals surface area contributed by atoms with Gasteiger partial charge in [-0.05, 0) is 24.8 Å². The van der Waals surface area contributed by atoms with Crippen LogP contribution in [0.3, 0.4) is 0 Å². The van der Waals surface area contributed by atoms with Gasteiger partial charge in [0.2, 0.25) is 0 Å². The van der Waals surface area contributed by atoms with Gasteiger partial charge in [-0.3, -0.25) is 4.79 Å². The van der Waals surface area contributed by atoms with E-state index in [1.54, 1.807) is 6.07 Å². The number of pyridine rings is 1. The molecule has 0 aromatic carbocycles. The lowest BCUT2D eigenvalue weighted by Gasteiger charge is -2.19. The highest BCUT2D eigenvalue weighted by molar-refractivity contribution is 5.35. The lowest BCUT2D eigenvalue weighted by molar-refractivity contribution is -0.142. The summed E-state index contributed by atoms with van der Waals surface area (Å²) in [5.41, 5.74) is -1.39. The Hall–Kier alpha value is -2.18. The van der Waals surface area contributed by atoms with E-state index in [2.05, 4.69) is 15.0 Å². The van der Waals surface area contributed by atoms with Crippen LogP contribution in [-0.4, -0.2) is 15.0 Å². The maximum atomic E-state index is 13.2. The Kier molecular flexibility index (Phi) is 3.27. The molecule has 0 aliphatic heterocycles. The number of hydrogen-bond acceptors (Lipinski definition) is 3. The van der Waals surface area contributed by atoms with Gasteiger partial charge in [-0.1, -0.05) is 0 Å². The molecule has 1 aliphatic carbocycles. The van der Waals surface area contributed by atoms with E-state index in [0.717, 1.165) is 25.1 Å². The highest BCUT2D eigenvalue weighted by Gasteiger charge is 2.43. The van der Waals surface area contributed by atoms with E-state index in [0.29, 0.717) is 5.69 Å². The van der Waals surface area contributed by atoms with E-state index in [4.69, 9.17) is 0 Å². The average Bonchev–Trinajstić information content (AvgIpc) is 3.25. The smallest absolute Gasteiger partial charge is 0.357 e.